The van der Waals surface area contributed by atoms with Gasteiger partial charge < -0.3 is 15.0 Å². The van der Waals surface area contributed by atoms with Gasteiger partial charge in [-0.3, -0.25) is 0 Å². The van der Waals surface area contributed by atoms with E-state index >= 15 is 0 Å². The maximum Gasteiger partial charge on any atom is 0.147 e. The lowest BCUT2D eigenvalue weighted by Crippen LogP contribution is -2.36. The third-order valence-electron chi connectivity index (χ3n) is 3.57. The first-order valence-corrected chi connectivity index (χ1v) is 8.12. The summed E-state index contributed by atoms with van der Waals surface area (Å²) in [6.45, 7) is 9.79. The van der Waals surface area contributed by atoms with Gasteiger partial charge in [0.15, 0.2) is 0 Å². The number of nitrogens with one attached hydrogen (secondary N) is 1. The summed E-state index contributed by atoms with van der Waals surface area (Å²) >= 11 is 6.44. The van der Waals surface area contributed by atoms with Crippen LogP contribution in [0.15, 0.2) is 12.3 Å². The van der Waals surface area contributed by atoms with Crippen LogP contribution in [0.2, 0.25) is 5.02 Å². The maximum absolute atomic E-state index is 6.44. The van der Waals surface area contributed by atoms with Gasteiger partial charge in [-0.15, -0.1) is 0 Å². The summed E-state index contributed by atoms with van der Waals surface area (Å²) < 4.78 is 5.20. The molecule has 0 aliphatic heterocycles. The van der Waals surface area contributed by atoms with Crippen LogP contribution in [0.1, 0.15) is 39.2 Å². The number of anilines is 1. The van der Waals surface area contributed by atoms with Crippen LogP contribution in [-0.4, -0.2) is 37.8 Å². The Morgan fingerprint density at radius 3 is 2.76 bits per heavy atom. The lowest BCUT2D eigenvalue weighted by molar-refractivity contribution is 0.203. The Morgan fingerprint density at radius 2 is 2.19 bits per heavy atom. The van der Waals surface area contributed by atoms with E-state index in [1.165, 1.54) is 0 Å². The first-order valence-electron chi connectivity index (χ1n) is 7.74. The van der Waals surface area contributed by atoms with Gasteiger partial charge in [-0.2, -0.15) is 0 Å². The number of aromatic nitrogens is 1. The summed E-state index contributed by atoms with van der Waals surface area (Å²) in [7, 11) is 1.71. The Hall–Kier alpha value is -0.840. The Bertz CT molecular complexity index is 415. The molecule has 0 saturated heterocycles. The van der Waals surface area contributed by atoms with E-state index in [2.05, 4.69) is 36.0 Å². The lowest BCUT2D eigenvalue weighted by atomic mass is 10.2. The van der Waals surface area contributed by atoms with Crippen LogP contribution in [0.3, 0.4) is 0 Å². The van der Waals surface area contributed by atoms with E-state index in [-0.39, 0.29) is 0 Å². The van der Waals surface area contributed by atoms with E-state index in [1.54, 1.807) is 7.11 Å². The molecule has 1 atom stereocenters. The standard InChI is InChI=1S/C16H28ClN3O/c1-5-7-18-11-14-10-15(17)16(19-12-14)20(8-9-21-4)13(3)6-2/h10,12-13,18H,5-9,11H2,1-4H3. The molecule has 1 rings (SSSR count). The minimum Gasteiger partial charge on any atom is -0.383 e. The third kappa shape index (κ3) is 5.81. The Morgan fingerprint density at radius 1 is 1.43 bits per heavy atom. The second-order valence-electron chi connectivity index (χ2n) is 5.27. The SMILES string of the molecule is CCCNCc1cnc(N(CCOC)C(C)CC)c(Cl)c1. The fraction of sp³-hybridized carbons (Fsp3) is 0.688. The van der Waals surface area contributed by atoms with Gasteiger partial charge in [0.1, 0.15) is 5.82 Å². The highest BCUT2D eigenvalue weighted by Crippen LogP contribution is 2.26. The van der Waals surface area contributed by atoms with Crippen molar-refractivity contribution in [3.05, 3.63) is 22.8 Å². The monoisotopic (exact) mass is 313 g/mol. The van der Waals surface area contributed by atoms with E-state index in [9.17, 15) is 0 Å². The fourth-order valence-corrected chi connectivity index (χ4v) is 2.43. The molecule has 0 saturated carbocycles. The van der Waals surface area contributed by atoms with Crippen molar-refractivity contribution in [2.75, 3.05) is 31.7 Å². The van der Waals surface area contributed by atoms with Crippen molar-refractivity contribution in [2.45, 2.75) is 46.2 Å². The van der Waals surface area contributed by atoms with Crippen molar-refractivity contribution in [2.24, 2.45) is 0 Å². The number of nitrogens with zero attached hydrogens (tertiary/aromatic N) is 2. The predicted molar refractivity (Wildman–Crippen MR) is 90.2 cm³/mol. The average molecular weight is 314 g/mol. The molecular weight excluding hydrogens is 286 g/mol. The van der Waals surface area contributed by atoms with Crippen LogP contribution >= 0.6 is 11.6 Å². The summed E-state index contributed by atoms with van der Waals surface area (Å²) in [6.07, 6.45) is 4.08. The Balaban J connectivity index is 2.83. The van der Waals surface area contributed by atoms with Crippen LogP contribution in [-0.2, 0) is 11.3 Å². The molecule has 21 heavy (non-hydrogen) atoms. The van der Waals surface area contributed by atoms with E-state index < -0.39 is 0 Å². The molecular formula is C16H28ClN3O. The number of ether oxygens (including phenoxy) is 1. The van der Waals surface area contributed by atoms with Gasteiger partial charge in [-0.25, -0.2) is 4.98 Å². The molecule has 0 aromatic carbocycles. The smallest absolute Gasteiger partial charge is 0.147 e. The zero-order valence-corrected chi connectivity index (χ0v) is 14.4. The van der Waals surface area contributed by atoms with Crippen LogP contribution in [0.5, 0.6) is 0 Å². The van der Waals surface area contributed by atoms with Crippen molar-refractivity contribution in [1.82, 2.24) is 10.3 Å². The van der Waals surface area contributed by atoms with E-state index in [0.717, 1.165) is 43.9 Å². The summed E-state index contributed by atoms with van der Waals surface area (Å²) in [5.41, 5.74) is 1.12. The molecule has 0 fully saturated rings. The van der Waals surface area contributed by atoms with Gasteiger partial charge in [0.2, 0.25) is 0 Å². The molecule has 0 amide bonds. The molecule has 1 aromatic rings. The average Bonchev–Trinajstić information content (AvgIpc) is 2.49. The molecule has 0 aliphatic rings. The molecule has 1 N–H and O–H groups in total. The molecule has 1 aromatic heterocycles. The summed E-state index contributed by atoms with van der Waals surface area (Å²) in [4.78, 5) is 6.80. The largest absolute Gasteiger partial charge is 0.383 e. The highest BCUT2D eigenvalue weighted by molar-refractivity contribution is 6.33. The molecule has 0 radical (unpaired) electrons. The lowest BCUT2D eigenvalue weighted by Gasteiger charge is -2.30. The molecule has 0 bridgehead atoms. The first-order chi connectivity index (χ1) is 10.1. The van der Waals surface area contributed by atoms with Crippen LogP contribution < -0.4 is 10.2 Å². The summed E-state index contributed by atoms with van der Waals surface area (Å²) in [6, 6.07) is 2.39. The van der Waals surface area contributed by atoms with E-state index in [0.29, 0.717) is 17.7 Å². The van der Waals surface area contributed by atoms with Gasteiger partial charge in [0, 0.05) is 32.4 Å². The molecule has 0 spiro atoms. The van der Waals surface area contributed by atoms with Crippen molar-refractivity contribution in [3.63, 3.8) is 0 Å². The molecule has 1 unspecified atom stereocenters. The molecule has 1 heterocycles. The van der Waals surface area contributed by atoms with Gasteiger partial charge in [-0.1, -0.05) is 25.4 Å². The van der Waals surface area contributed by atoms with Crippen molar-refractivity contribution >= 4 is 17.4 Å². The molecule has 5 heteroatoms. The second kappa shape index (κ2) is 9.98. The van der Waals surface area contributed by atoms with Gasteiger partial charge in [-0.05, 0) is 37.9 Å². The minimum absolute atomic E-state index is 0.384. The topological polar surface area (TPSA) is 37.4 Å². The highest BCUT2D eigenvalue weighted by atomic mass is 35.5. The molecule has 120 valence electrons. The van der Waals surface area contributed by atoms with Gasteiger partial charge >= 0.3 is 0 Å². The minimum atomic E-state index is 0.384. The Kier molecular flexibility index (Phi) is 8.66. The summed E-state index contributed by atoms with van der Waals surface area (Å²) in [5, 5.41) is 4.07. The van der Waals surface area contributed by atoms with E-state index in [1.807, 2.05) is 12.3 Å². The van der Waals surface area contributed by atoms with E-state index in [4.69, 9.17) is 16.3 Å². The zero-order chi connectivity index (χ0) is 15.7. The number of hydrogen-bond donors (Lipinski definition) is 1. The fourth-order valence-electron chi connectivity index (χ4n) is 2.13. The number of hydrogen-bond acceptors (Lipinski definition) is 4. The number of methoxy groups -OCH3 is 1. The molecule has 0 aliphatic carbocycles. The number of rotatable bonds is 10. The van der Waals surface area contributed by atoms with Gasteiger partial charge in [0.25, 0.3) is 0 Å². The number of halogens is 1. The molecule has 4 nitrogen and oxygen atoms in total. The van der Waals surface area contributed by atoms with Crippen molar-refractivity contribution < 1.29 is 4.74 Å². The highest BCUT2D eigenvalue weighted by Gasteiger charge is 2.17. The normalized spacial score (nSPS) is 12.4. The van der Waals surface area contributed by atoms with Gasteiger partial charge in [0.05, 0.1) is 11.6 Å². The van der Waals surface area contributed by atoms with Crippen LogP contribution in [0, 0.1) is 0 Å². The summed E-state index contributed by atoms with van der Waals surface area (Å²) in [5.74, 6) is 0.849. The maximum atomic E-state index is 6.44. The van der Waals surface area contributed by atoms with Crippen LogP contribution in [0.4, 0.5) is 5.82 Å². The van der Waals surface area contributed by atoms with Crippen molar-refractivity contribution in [1.29, 1.82) is 0 Å². The quantitative estimate of drug-likeness (QED) is 0.671. The van der Waals surface area contributed by atoms with Crippen LogP contribution in [0.25, 0.3) is 0 Å². The second-order valence-corrected chi connectivity index (χ2v) is 5.68. The third-order valence-corrected chi connectivity index (χ3v) is 3.84. The zero-order valence-electron chi connectivity index (χ0n) is 13.7. The number of pyridine rings is 1. The predicted octanol–water partition coefficient (Wildman–Crippen LogP) is 3.49. The Labute approximate surface area is 133 Å². The van der Waals surface area contributed by atoms with Crippen molar-refractivity contribution in [3.8, 4) is 0 Å². The first kappa shape index (κ1) is 18.2.